The summed E-state index contributed by atoms with van der Waals surface area (Å²) in [5.74, 6) is 0.465. The molecule has 0 amide bonds. The van der Waals surface area contributed by atoms with E-state index in [1.54, 1.807) is 16.4 Å². The molecule has 138 valence electrons. The predicted molar refractivity (Wildman–Crippen MR) is 101 cm³/mol. The van der Waals surface area contributed by atoms with E-state index in [4.69, 9.17) is 16.3 Å². The fraction of sp³-hybridized carbons (Fsp3) is 0.368. The zero-order chi connectivity index (χ0) is 18.3. The first-order chi connectivity index (χ1) is 12.5. The molecule has 2 heterocycles. The first-order valence-electron chi connectivity index (χ1n) is 8.68. The third-order valence-corrected chi connectivity index (χ3v) is 7.34. The topological polar surface area (TPSA) is 49.9 Å². The lowest BCUT2D eigenvalue weighted by Crippen LogP contribution is -2.35. The van der Waals surface area contributed by atoms with Gasteiger partial charge in [0.1, 0.15) is 11.9 Å². The third kappa shape index (κ3) is 2.91. The van der Waals surface area contributed by atoms with Gasteiger partial charge in [-0.15, -0.1) is 0 Å². The Labute approximate surface area is 159 Å². The Morgan fingerprint density at radius 1 is 1.15 bits per heavy atom. The smallest absolute Gasteiger partial charge is 0.244 e. The van der Waals surface area contributed by atoms with Gasteiger partial charge in [0.2, 0.25) is 10.0 Å². The number of fused-ring (bicyclic) bond motifs is 1. The van der Waals surface area contributed by atoms with Crippen molar-refractivity contribution in [2.45, 2.75) is 29.9 Å². The maximum Gasteiger partial charge on any atom is 0.244 e. The van der Waals surface area contributed by atoms with Crippen LogP contribution in [0, 0.1) is 0 Å². The fourth-order valence-electron chi connectivity index (χ4n) is 4.00. The van der Waals surface area contributed by atoms with Crippen LogP contribution in [-0.2, 0) is 10.0 Å². The van der Waals surface area contributed by atoms with Crippen LogP contribution >= 0.6 is 11.6 Å². The van der Waals surface area contributed by atoms with Crippen molar-refractivity contribution < 1.29 is 13.2 Å². The molecular weight excluding hydrogens is 372 g/mol. The van der Waals surface area contributed by atoms with Crippen LogP contribution in [0.25, 0.3) is 0 Å². The summed E-state index contributed by atoms with van der Waals surface area (Å²) in [6.45, 7) is 1.42. The first-order valence-corrected chi connectivity index (χ1v) is 10.5. The minimum atomic E-state index is -3.67. The molecule has 2 aliphatic rings. The summed E-state index contributed by atoms with van der Waals surface area (Å²) in [5, 5.41) is 0.296. The minimum absolute atomic E-state index is 0.199. The standard InChI is InChI=1S/C19H21ClN2O3S/c1-25-18-10-9-16(12-17(18)20)26(23,24)22-13-15-8-5-11-21(15)19(22)14-6-3-2-4-7-14/h2-4,6-7,9-10,12,15,19H,5,8,11,13H2,1H3. The molecule has 2 fully saturated rings. The van der Waals surface area contributed by atoms with Gasteiger partial charge in [0.15, 0.2) is 0 Å². The molecule has 7 heteroatoms. The molecule has 0 saturated carbocycles. The lowest BCUT2D eigenvalue weighted by atomic mass is 10.1. The van der Waals surface area contributed by atoms with E-state index < -0.39 is 10.0 Å². The van der Waals surface area contributed by atoms with E-state index in [9.17, 15) is 8.42 Å². The molecule has 26 heavy (non-hydrogen) atoms. The van der Waals surface area contributed by atoms with Crippen LogP contribution in [-0.4, -0.2) is 43.9 Å². The van der Waals surface area contributed by atoms with Crippen LogP contribution in [0.1, 0.15) is 24.6 Å². The Kier molecular flexibility index (Phi) is 4.69. The average Bonchev–Trinajstić information content (AvgIpc) is 3.23. The van der Waals surface area contributed by atoms with Crippen LogP contribution in [0.5, 0.6) is 5.75 Å². The molecule has 0 spiro atoms. The summed E-state index contributed by atoms with van der Waals surface area (Å²) in [7, 11) is -2.16. The summed E-state index contributed by atoms with van der Waals surface area (Å²) in [6, 6.07) is 14.7. The van der Waals surface area contributed by atoms with Gasteiger partial charge >= 0.3 is 0 Å². The lowest BCUT2D eigenvalue weighted by molar-refractivity contribution is 0.198. The highest BCUT2D eigenvalue weighted by Gasteiger charge is 2.47. The van der Waals surface area contributed by atoms with E-state index >= 15 is 0 Å². The van der Waals surface area contributed by atoms with Gasteiger partial charge in [0, 0.05) is 19.1 Å². The summed E-state index contributed by atoms with van der Waals surface area (Å²) < 4.78 is 33.6. The maximum atomic E-state index is 13.4. The van der Waals surface area contributed by atoms with Gasteiger partial charge in [0.05, 0.1) is 17.0 Å². The molecule has 0 bridgehead atoms. The van der Waals surface area contributed by atoms with Gasteiger partial charge in [-0.1, -0.05) is 41.9 Å². The second kappa shape index (κ2) is 6.85. The van der Waals surface area contributed by atoms with Crippen molar-refractivity contribution in [3.05, 3.63) is 59.1 Å². The highest BCUT2D eigenvalue weighted by molar-refractivity contribution is 7.89. The molecule has 0 aliphatic carbocycles. The predicted octanol–water partition coefficient (Wildman–Crippen LogP) is 3.52. The molecular formula is C19H21ClN2O3S. The number of hydrogen-bond acceptors (Lipinski definition) is 4. The fourth-order valence-corrected chi connectivity index (χ4v) is 5.98. The molecule has 2 unspecified atom stereocenters. The van der Waals surface area contributed by atoms with Crippen molar-refractivity contribution in [3.8, 4) is 5.75 Å². The van der Waals surface area contributed by atoms with E-state index in [2.05, 4.69) is 4.90 Å². The van der Waals surface area contributed by atoms with Gasteiger partial charge < -0.3 is 4.74 Å². The number of nitrogens with zero attached hydrogens (tertiary/aromatic N) is 2. The van der Waals surface area contributed by atoms with Crippen molar-refractivity contribution >= 4 is 21.6 Å². The Hall–Kier alpha value is -1.60. The van der Waals surface area contributed by atoms with Crippen molar-refractivity contribution in [3.63, 3.8) is 0 Å². The van der Waals surface area contributed by atoms with Crippen molar-refractivity contribution in [2.75, 3.05) is 20.2 Å². The van der Waals surface area contributed by atoms with E-state index in [-0.39, 0.29) is 17.1 Å². The Balaban J connectivity index is 1.76. The zero-order valence-electron chi connectivity index (χ0n) is 14.5. The SMILES string of the molecule is COc1ccc(S(=O)(=O)N2CC3CCCN3C2c2ccccc2)cc1Cl. The molecule has 0 aromatic heterocycles. The van der Waals surface area contributed by atoms with Crippen molar-refractivity contribution in [2.24, 2.45) is 0 Å². The molecule has 5 nitrogen and oxygen atoms in total. The van der Waals surface area contributed by atoms with Gasteiger partial charge in [-0.3, -0.25) is 4.90 Å². The van der Waals surface area contributed by atoms with Crippen LogP contribution in [0.15, 0.2) is 53.4 Å². The second-order valence-electron chi connectivity index (χ2n) is 6.69. The average molecular weight is 393 g/mol. The van der Waals surface area contributed by atoms with Crippen LogP contribution in [0.3, 0.4) is 0 Å². The largest absolute Gasteiger partial charge is 0.495 e. The third-order valence-electron chi connectivity index (χ3n) is 5.23. The first kappa shape index (κ1) is 17.8. The van der Waals surface area contributed by atoms with Crippen LogP contribution in [0.4, 0.5) is 0 Å². The van der Waals surface area contributed by atoms with E-state index in [0.29, 0.717) is 17.3 Å². The number of halogens is 1. The van der Waals surface area contributed by atoms with Gasteiger partial charge in [-0.2, -0.15) is 4.31 Å². The molecule has 2 aromatic carbocycles. The molecule has 2 aliphatic heterocycles. The monoisotopic (exact) mass is 392 g/mol. The normalized spacial score (nSPS) is 23.9. The van der Waals surface area contributed by atoms with Crippen LogP contribution < -0.4 is 4.74 Å². The summed E-state index contributed by atoms with van der Waals surface area (Å²) in [4.78, 5) is 2.50. The molecule has 0 radical (unpaired) electrons. The zero-order valence-corrected chi connectivity index (χ0v) is 16.1. The number of methoxy groups -OCH3 is 1. The lowest BCUT2D eigenvalue weighted by Gasteiger charge is -2.29. The van der Waals surface area contributed by atoms with E-state index in [1.165, 1.54) is 13.2 Å². The van der Waals surface area contributed by atoms with Crippen LogP contribution in [0.2, 0.25) is 5.02 Å². The van der Waals surface area contributed by atoms with Gasteiger partial charge in [0.25, 0.3) is 0 Å². The summed E-state index contributed by atoms with van der Waals surface area (Å²) >= 11 is 6.17. The summed E-state index contributed by atoms with van der Waals surface area (Å²) in [6.07, 6.45) is 1.86. The Morgan fingerprint density at radius 3 is 2.62 bits per heavy atom. The molecule has 4 rings (SSSR count). The van der Waals surface area contributed by atoms with E-state index in [0.717, 1.165) is 24.9 Å². The maximum absolute atomic E-state index is 13.4. The molecule has 0 N–H and O–H groups in total. The number of ether oxygens (including phenoxy) is 1. The van der Waals surface area contributed by atoms with Crippen molar-refractivity contribution in [1.82, 2.24) is 9.21 Å². The molecule has 2 atom stereocenters. The minimum Gasteiger partial charge on any atom is -0.495 e. The molecule has 2 aromatic rings. The number of sulfonamides is 1. The molecule has 2 saturated heterocycles. The Morgan fingerprint density at radius 2 is 1.92 bits per heavy atom. The number of benzene rings is 2. The van der Waals surface area contributed by atoms with E-state index in [1.807, 2.05) is 30.3 Å². The second-order valence-corrected chi connectivity index (χ2v) is 8.99. The Bertz CT molecular complexity index is 904. The number of rotatable bonds is 4. The number of hydrogen-bond donors (Lipinski definition) is 0. The summed E-state index contributed by atoms with van der Waals surface area (Å²) in [5.41, 5.74) is 1.00. The van der Waals surface area contributed by atoms with Crippen molar-refractivity contribution in [1.29, 1.82) is 0 Å². The highest BCUT2D eigenvalue weighted by atomic mass is 35.5. The quantitative estimate of drug-likeness (QED) is 0.798. The highest BCUT2D eigenvalue weighted by Crippen LogP contribution is 2.42. The van der Waals surface area contributed by atoms with Gasteiger partial charge in [-0.05, 0) is 36.6 Å². The van der Waals surface area contributed by atoms with Gasteiger partial charge in [-0.25, -0.2) is 8.42 Å².